The van der Waals surface area contributed by atoms with E-state index in [2.05, 4.69) is 0 Å². The van der Waals surface area contributed by atoms with Gasteiger partial charge in [-0.3, -0.25) is 0 Å². The quantitative estimate of drug-likeness (QED) is 0.707. The molecule has 2 heteroatoms. The van der Waals surface area contributed by atoms with Crippen LogP contribution < -0.4 is 0 Å². The van der Waals surface area contributed by atoms with Crippen LogP contribution in [0.3, 0.4) is 0 Å². The Morgan fingerprint density at radius 2 is 1.33 bits per heavy atom. The van der Waals surface area contributed by atoms with Gasteiger partial charge in [-0.05, 0) is 31.2 Å². The Hall–Kier alpha value is -1.25. The highest BCUT2D eigenvalue weighted by Gasteiger charge is 2.12. The predicted octanol–water partition coefficient (Wildman–Crippen LogP) is 3.16. The SMILES string of the molecule is Cc1ccc([S+]([O-])c2ccccc2)cc1. The number of benzene rings is 2. The molecular formula is C13H12OS. The Kier molecular flexibility index (Phi) is 3.09. The van der Waals surface area contributed by atoms with E-state index in [1.54, 1.807) is 0 Å². The van der Waals surface area contributed by atoms with Gasteiger partial charge in [-0.2, -0.15) is 0 Å². The number of hydrogen-bond acceptors (Lipinski definition) is 1. The molecule has 2 aromatic rings. The van der Waals surface area contributed by atoms with Crippen LogP contribution in [-0.2, 0) is 11.2 Å². The summed E-state index contributed by atoms with van der Waals surface area (Å²) < 4.78 is 12.1. The third-order valence-electron chi connectivity index (χ3n) is 2.19. The Labute approximate surface area is 92.9 Å². The second kappa shape index (κ2) is 4.51. The molecule has 0 amide bonds. The molecule has 0 aliphatic carbocycles. The van der Waals surface area contributed by atoms with E-state index in [-0.39, 0.29) is 0 Å². The van der Waals surface area contributed by atoms with Gasteiger partial charge in [0.15, 0.2) is 9.79 Å². The molecular weight excluding hydrogens is 204 g/mol. The maximum atomic E-state index is 12.1. The van der Waals surface area contributed by atoms with Crippen molar-refractivity contribution >= 4 is 11.2 Å². The van der Waals surface area contributed by atoms with Crippen molar-refractivity contribution in [1.82, 2.24) is 0 Å². The van der Waals surface area contributed by atoms with Crippen molar-refractivity contribution < 1.29 is 4.55 Å². The minimum Gasteiger partial charge on any atom is -0.606 e. The zero-order valence-electron chi connectivity index (χ0n) is 8.51. The fraction of sp³-hybridized carbons (Fsp3) is 0.0769. The summed E-state index contributed by atoms with van der Waals surface area (Å²) in [5, 5.41) is 0. The lowest BCUT2D eigenvalue weighted by atomic mass is 10.2. The van der Waals surface area contributed by atoms with Crippen LogP contribution in [0.25, 0.3) is 0 Å². The fourth-order valence-electron chi connectivity index (χ4n) is 1.34. The first-order chi connectivity index (χ1) is 7.27. The Balaban J connectivity index is 2.29. The lowest BCUT2D eigenvalue weighted by molar-refractivity contribution is 0.595. The lowest BCUT2D eigenvalue weighted by Crippen LogP contribution is -2.01. The summed E-state index contributed by atoms with van der Waals surface area (Å²) in [6.07, 6.45) is 0. The molecule has 0 aliphatic rings. The van der Waals surface area contributed by atoms with Crippen LogP contribution in [0.15, 0.2) is 64.4 Å². The number of rotatable bonds is 2. The molecule has 0 N–H and O–H groups in total. The summed E-state index contributed by atoms with van der Waals surface area (Å²) in [5.74, 6) is 0. The summed E-state index contributed by atoms with van der Waals surface area (Å²) >= 11 is -1.06. The predicted molar refractivity (Wildman–Crippen MR) is 62.3 cm³/mol. The van der Waals surface area contributed by atoms with E-state index in [0.29, 0.717) is 0 Å². The van der Waals surface area contributed by atoms with Crippen LogP contribution in [0.1, 0.15) is 5.56 Å². The van der Waals surface area contributed by atoms with Gasteiger partial charge in [0, 0.05) is 11.2 Å². The van der Waals surface area contributed by atoms with Gasteiger partial charge < -0.3 is 4.55 Å². The zero-order chi connectivity index (χ0) is 10.7. The van der Waals surface area contributed by atoms with Gasteiger partial charge in [-0.1, -0.05) is 35.9 Å². The molecule has 0 aromatic heterocycles. The van der Waals surface area contributed by atoms with Crippen molar-refractivity contribution in [2.24, 2.45) is 0 Å². The van der Waals surface area contributed by atoms with Crippen molar-refractivity contribution in [2.75, 3.05) is 0 Å². The van der Waals surface area contributed by atoms with Crippen molar-refractivity contribution in [3.05, 3.63) is 60.2 Å². The number of hydrogen-bond donors (Lipinski definition) is 0. The van der Waals surface area contributed by atoms with Gasteiger partial charge in [-0.15, -0.1) is 0 Å². The monoisotopic (exact) mass is 216 g/mol. The van der Waals surface area contributed by atoms with Gasteiger partial charge >= 0.3 is 0 Å². The molecule has 0 saturated carbocycles. The first-order valence-electron chi connectivity index (χ1n) is 4.81. The highest BCUT2D eigenvalue weighted by molar-refractivity contribution is 7.91. The van der Waals surface area contributed by atoms with Crippen molar-refractivity contribution in [2.45, 2.75) is 16.7 Å². The topological polar surface area (TPSA) is 23.1 Å². The summed E-state index contributed by atoms with van der Waals surface area (Å²) in [4.78, 5) is 1.70. The van der Waals surface area contributed by atoms with Crippen LogP contribution >= 0.6 is 0 Å². The molecule has 0 aliphatic heterocycles. The zero-order valence-corrected chi connectivity index (χ0v) is 9.33. The van der Waals surface area contributed by atoms with E-state index < -0.39 is 11.2 Å². The molecule has 2 aromatic carbocycles. The van der Waals surface area contributed by atoms with Crippen LogP contribution in [-0.4, -0.2) is 4.55 Å². The summed E-state index contributed by atoms with van der Waals surface area (Å²) in [5.41, 5.74) is 1.18. The normalized spacial score (nSPS) is 12.4. The van der Waals surface area contributed by atoms with E-state index in [1.165, 1.54) is 5.56 Å². The molecule has 0 saturated heterocycles. The van der Waals surface area contributed by atoms with E-state index in [0.717, 1.165) is 9.79 Å². The van der Waals surface area contributed by atoms with Crippen LogP contribution in [0.4, 0.5) is 0 Å². The molecule has 1 unspecified atom stereocenters. The standard InChI is InChI=1S/C13H12OS/c1-11-7-9-13(10-8-11)15(14)12-5-3-2-4-6-12/h2-10H,1H3. The van der Waals surface area contributed by atoms with Crippen molar-refractivity contribution in [3.8, 4) is 0 Å². The summed E-state index contributed by atoms with van der Waals surface area (Å²) in [7, 11) is 0. The van der Waals surface area contributed by atoms with Crippen LogP contribution in [0, 0.1) is 6.92 Å². The minimum absolute atomic E-state index is 0.848. The van der Waals surface area contributed by atoms with Crippen LogP contribution in [0.5, 0.6) is 0 Å². The molecule has 1 atom stereocenters. The van der Waals surface area contributed by atoms with Crippen molar-refractivity contribution in [1.29, 1.82) is 0 Å². The summed E-state index contributed by atoms with van der Waals surface area (Å²) in [6.45, 7) is 2.02. The third kappa shape index (κ3) is 2.41. The van der Waals surface area contributed by atoms with Crippen LogP contribution in [0.2, 0.25) is 0 Å². The Bertz CT molecular complexity index is 422. The highest BCUT2D eigenvalue weighted by atomic mass is 32.2. The largest absolute Gasteiger partial charge is 0.606 e. The van der Waals surface area contributed by atoms with Gasteiger partial charge in [0.1, 0.15) is 0 Å². The third-order valence-corrected chi connectivity index (χ3v) is 3.59. The van der Waals surface area contributed by atoms with Gasteiger partial charge in [0.25, 0.3) is 0 Å². The average molecular weight is 216 g/mol. The maximum Gasteiger partial charge on any atom is 0.158 e. The van der Waals surface area contributed by atoms with Crippen molar-refractivity contribution in [3.63, 3.8) is 0 Å². The van der Waals surface area contributed by atoms with E-state index in [9.17, 15) is 4.55 Å². The molecule has 0 fully saturated rings. The smallest absolute Gasteiger partial charge is 0.158 e. The van der Waals surface area contributed by atoms with Gasteiger partial charge in [0.2, 0.25) is 0 Å². The van der Waals surface area contributed by atoms with Gasteiger partial charge in [0.05, 0.1) is 0 Å². The second-order valence-corrected chi connectivity index (χ2v) is 4.88. The Morgan fingerprint density at radius 3 is 1.93 bits per heavy atom. The molecule has 1 nitrogen and oxygen atoms in total. The number of aryl methyl sites for hydroxylation is 1. The van der Waals surface area contributed by atoms with Gasteiger partial charge in [-0.25, -0.2) is 0 Å². The first-order valence-corrected chi connectivity index (χ1v) is 5.96. The maximum absolute atomic E-state index is 12.1. The summed E-state index contributed by atoms with van der Waals surface area (Å²) in [6, 6.07) is 17.3. The molecule has 0 heterocycles. The molecule has 76 valence electrons. The average Bonchev–Trinajstić information content (AvgIpc) is 2.30. The fourth-order valence-corrected chi connectivity index (χ4v) is 2.40. The first kappa shape index (κ1) is 10.3. The second-order valence-electron chi connectivity index (χ2n) is 3.39. The Morgan fingerprint density at radius 1 is 0.800 bits per heavy atom. The molecule has 15 heavy (non-hydrogen) atoms. The van der Waals surface area contributed by atoms with E-state index >= 15 is 0 Å². The molecule has 0 radical (unpaired) electrons. The molecule has 0 bridgehead atoms. The van der Waals surface area contributed by atoms with E-state index in [1.807, 2.05) is 61.5 Å². The minimum atomic E-state index is -1.06. The molecule has 0 spiro atoms. The molecule has 2 rings (SSSR count). The highest BCUT2D eigenvalue weighted by Crippen LogP contribution is 2.20. The van der Waals surface area contributed by atoms with E-state index in [4.69, 9.17) is 0 Å². The lowest BCUT2D eigenvalue weighted by Gasteiger charge is -2.09.